The third-order valence-corrected chi connectivity index (χ3v) is 1.86. The van der Waals surface area contributed by atoms with Gasteiger partial charge in [-0.25, -0.2) is 0 Å². The molecular weight excluding hydrogens is 190 g/mol. The number of carbonyl (C=O) groups excluding carboxylic acids is 1. The molecule has 0 aromatic rings. The lowest BCUT2D eigenvalue weighted by Gasteiger charge is -2.20. The van der Waals surface area contributed by atoms with Crippen molar-refractivity contribution in [1.29, 1.82) is 0 Å². The van der Waals surface area contributed by atoms with Crippen molar-refractivity contribution in [2.45, 2.75) is 31.2 Å². The normalized spacial score (nSPS) is 17.5. The summed E-state index contributed by atoms with van der Waals surface area (Å²) in [5, 5.41) is 35.7. The van der Waals surface area contributed by atoms with Gasteiger partial charge in [-0.1, -0.05) is 0 Å². The second-order valence-electron chi connectivity index (χ2n) is 3.04. The van der Waals surface area contributed by atoms with Crippen molar-refractivity contribution >= 4 is 5.78 Å². The van der Waals surface area contributed by atoms with E-state index >= 15 is 0 Å². The van der Waals surface area contributed by atoms with Crippen molar-refractivity contribution in [1.82, 2.24) is 0 Å². The quantitative estimate of drug-likeness (QED) is 0.311. The second-order valence-corrected chi connectivity index (χ2v) is 3.04. The molecule has 0 bridgehead atoms. The molecule has 3 atom stereocenters. The minimum Gasteiger partial charge on any atom is -0.394 e. The van der Waals surface area contributed by atoms with Crippen molar-refractivity contribution in [3.63, 3.8) is 0 Å². The number of rotatable bonds is 7. The molecular formula is C8H17NO5. The predicted molar refractivity (Wildman–Crippen MR) is 48.4 cm³/mol. The van der Waals surface area contributed by atoms with Gasteiger partial charge in [0.05, 0.1) is 6.61 Å². The first-order chi connectivity index (χ1) is 6.54. The summed E-state index contributed by atoms with van der Waals surface area (Å²) in [7, 11) is 0. The van der Waals surface area contributed by atoms with E-state index < -0.39 is 30.7 Å². The van der Waals surface area contributed by atoms with Crippen LogP contribution in [-0.4, -0.2) is 57.7 Å². The highest BCUT2D eigenvalue weighted by Gasteiger charge is 2.28. The minimum atomic E-state index is -1.66. The van der Waals surface area contributed by atoms with Crippen LogP contribution >= 0.6 is 0 Å². The number of carbonyl (C=O) groups is 1. The van der Waals surface area contributed by atoms with E-state index in [-0.39, 0.29) is 6.42 Å². The molecule has 0 aliphatic rings. The fourth-order valence-electron chi connectivity index (χ4n) is 0.933. The zero-order valence-electron chi connectivity index (χ0n) is 7.83. The molecule has 0 unspecified atom stereocenters. The average molecular weight is 207 g/mol. The SMILES string of the molecule is NCCCC(=O)[C@H](O)[C@H](O)[C@H](O)CO. The Morgan fingerprint density at radius 1 is 1.29 bits per heavy atom. The largest absolute Gasteiger partial charge is 0.394 e. The van der Waals surface area contributed by atoms with Gasteiger partial charge in [-0.05, 0) is 13.0 Å². The lowest BCUT2D eigenvalue weighted by atomic mass is 10.0. The van der Waals surface area contributed by atoms with E-state index in [9.17, 15) is 9.90 Å². The van der Waals surface area contributed by atoms with Gasteiger partial charge in [0.25, 0.3) is 0 Å². The van der Waals surface area contributed by atoms with Crippen LogP contribution in [0.5, 0.6) is 0 Å². The Hall–Kier alpha value is -0.530. The van der Waals surface area contributed by atoms with Gasteiger partial charge < -0.3 is 26.2 Å². The van der Waals surface area contributed by atoms with E-state index in [4.69, 9.17) is 21.1 Å². The van der Waals surface area contributed by atoms with Crippen molar-refractivity contribution in [3.05, 3.63) is 0 Å². The molecule has 14 heavy (non-hydrogen) atoms. The summed E-state index contributed by atoms with van der Waals surface area (Å²) < 4.78 is 0. The minimum absolute atomic E-state index is 0.0485. The van der Waals surface area contributed by atoms with Crippen LogP contribution in [-0.2, 0) is 4.79 Å². The number of nitrogens with two attached hydrogens (primary N) is 1. The van der Waals surface area contributed by atoms with Gasteiger partial charge in [-0.15, -0.1) is 0 Å². The Bertz CT molecular complexity index is 175. The summed E-state index contributed by atoms with van der Waals surface area (Å²) in [6.45, 7) is -0.389. The van der Waals surface area contributed by atoms with Gasteiger partial charge in [-0.2, -0.15) is 0 Å². The topological polar surface area (TPSA) is 124 Å². The van der Waals surface area contributed by atoms with Crippen molar-refractivity contribution in [2.24, 2.45) is 5.73 Å². The molecule has 0 aliphatic heterocycles. The maximum atomic E-state index is 11.1. The van der Waals surface area contributed by atoms with Gasteiger partial charge in [0.1, 0.15) is 18.3 Å². The fourth-order valence-corrected chi connectivity index (χ4v) is 0.933. The summed E-state index contributed by atoms with van der Waals surface area (Å²) in [6, 6.07) is 0. The number of Topliss-reactive ketones (excluding diaryl/α,β-unsaturated/α-hetero) is 1. The molecule has 0 fully saturated rings. The highest BCUT2D eigenvalue weighted by Crippen LogP contribution is 2.04. The van der Waals surface area contributed by atoms with E-state index in [0.29, 0.717) is 13.0 Å². The van der Waals surface area contributed by atoms with Crippen molar-refractivity contribution in [2.75, 3.05) is 13.2 Å². The molecule has 0 heterocycles. The molecule has 0 amide bonds. The van der Waals surface area contributed by atoms with Crippen LogP contribution in [0, 0.1) is 0 Å². The van der Waals surface area contributed by atoms with Crippen LogP contribution in [0.1, 0.15) is 12.8 Å². The number of aliphatic hydroxyl groups excluding tert-OH is 4. The Balaban J connectivity index is 4.03. The molecule has 6 heteroatoms. The lowest BCUT2D eigenvalue weighted by Crippen LogP contribution is -2.43. The predicted octanol–water partition coefficient (Wildman–Crippen LogP) is -2.63. The molecule has 84 valence electrons. The first-order valence-corrected chi connectivity index (χ1v) is 4.42. The van der Waals surface area contributed by atoms with Crippen LogP contribution in [0.2, 0.25) is 0 Å². The van der Waals surface area contributed by atoms with Gasteiger partial charge in [0, 0.05) is 6.42 Å². The summed E-state index contributed by atoms with van der Waals surface area (Å²) >= 11 is 0. The standard InChI is InChI=1S/C8H17NO5/c9-3-1-2-5(11)7(13)8(14)6(12)4-10/h6-8,10,12-14H,1-4,9H2/t6-,7+,8-/m1/s1. The Kier molecular flexibility index (Phi) is 6.60. The van der Waals surface area contributed by atoms with Crippen LogP contribution < -0.4 is 5.73 Å². The van der Waals surface area contributed by atoms with E-state index in [1.807, 2.05) is 0 Å². The van der Waals surface area contributed by atoms with Gasteiger partial charge >= 0.3 is 0 Å². The van der Waals surface area contributed by atoms with E-state index in [2.05, 4.69) is 0 Å². The van der Waals surface area contributed by atoms with Crippen LogP contribution in [0.25, 0.3) is 0 Å². The molecule has 0 saturated carbocycles. The zero-order valence-corrected chi connectivity index (χ0v) is 7.83. The third-order valence-electron chi connectivity index (χ3n) is 1.86. The highest BCUT2D eigenvalue weighted by atomic mass is 16.4. The Morgan fingerprint density at radius 3 is 2.29 bits per heavy atom. The molecule has 0 spiro atoms. The van der Waals surface area contributed by atoms with E-state index in [0.717, 1.165) is 0 Å². The maximum Gasteiger partial charge on any atom is 0.164 e. The monoisotopic (exact) mass is 207 g/mol. The Morgan fingerprint density at radius 2 is 1.86 bits per heavy atom. The summed E-state index contributed by atoms with van der Waals surface area (Å²) in [5.41, 5.74) is 5.15. The first kappa shape index (κ1) is 13.5. The number of hydrogen-bond donors (Lipinski definition) is 5. The smallest absolute Gasteiger partial charge is 0.164 e. The first-order valence-electron chi connectivity index (χ1n) is 4.42. The third kappa shape index (κ3) is 4.12. The second kappa shape index (κ2) is 6.86. The van der Waals surface area contributed by atoms with E-state index in [1.54, 1.807) is 0 Å². The van der Waals surface area contributed by atoms with Crippen LogP contribution in [0.4, 0.5) is 0 Å². The number of ketones is 1. The number of hydrogen-bond acceptors (Lipinski definition) is 6. The molecule has 6 nitrogen and oxygen atoms in total. The van der Waals surface area contributed by atoms with Crippen molar-refractivity contribution < 1.29 is 25.2 Å². The summed E-state index contributed by atoms with van der Waals surface area (Å²) in [4.78, 5) is 11.1. The van der Waals surface area contributed by atoms with E-state index in [1.165, 1.54) is 0 Å². The molecule has 0 aliphatic carbocycles. The molecule has 0 radical (unpaired) electrons. The van der Waals surface area contributed by atoms with Crippen LogP contribution in [0.3, 0.4) is 0 Å². The molecule has 6 N–H and O–H groups in total. The summed E-state index contributed by atoms with van der Waals surface area (Å²) in [5.74, 6) is -0.588. The summed E-state index contributed by atoms with van der Waals surface area (Å²) in [6.07, 6.45) is -4.36. The fraction of sp³-hybridized carbons (Fsp3) is 0.875. The molecule has 0 aromatic carbocycles. The maximum absolute atomic E-state index is 11.1. The van der Waals surface area contributed by atoms with Crippen LogP contribution in [0.15, 0.2) is 0 Å². The van der Waals surface area contributed by atoms with Crippen molar-refractivity contribution in [3.8, 4) is 0 Å². The average Bonchev–Trinajstić information content (AvgIpc) is 2.22. The Labute approximate surface area is 82.0 Å². The van der Waals surface area contributed by atoms with Gasteiger partial charge in [-0.3, -0.25) is 4.79 Å². The highest BCUT2D eigenvalue weighted by molar-refractivity contribution is 5.83. The van der Waals surface area contributed by atoms with Gasteiger partial charge in [0.15, 0.2) is 5.78 Å². The lowest BCUT2D eigenvalue weighted by molar-refractivity contribution is -0.140. The zero-order chi connectivity index (χ0) is 11.1. The van der Waals surface area contributed by atoms with Gasteiger partial charge in [0.2, 0.25) is 0 Å². The number of aliphatic hydroxyl groups is 4. The molecule has 0 saturated heterocycles. The molecule has 0 rings (SSSR count). The molecule has 0 aromatic heterocycles.